The van der Waals surface area contributed by atoms with Crippen LogP contribution in [0.25, 0.3) is 0 Å². The maximum atomic E-state index is 13.1. The summed E-state index contributed by atoms with van der Waals surface area (Å²) in [6.45, 7) is 0. The minimum absolute atomic E-state index is 0.187. The van der Waals surface area contributed by atoms with Crippen molar-refractivity contribution in [1.82, 2.24) is 0 Å². The Morgan fingerprint density at radius 1 is 1.40 bits per heavy atom. The molecule has 0 spiro atoms. The van der Waals surface area contributed by atoms with Crippen LogP contribution < -0.4 is 5.73 Å². The summed E-state index contributed by atoms with van der Waals surface area (Å²) in [5.41, 5.74) is 7.06. The van der Waals surface area contributed by atoms with Gasteiger partial charge in [0.25, 0.3) is 0 Å². The van der Waals surface area contributed by atoms with Crippen molar-refractivity contribution < 1.29 is 4.39 Å². The maximum absolute atomic E-state index is 13.1. The normalized spacial score (nSPS) is 18.6. The van der Waals surface area contributed by atoms with Crippen LogP contribution in [0.2, 0.25) is 0 Å². The minimum Gasteiger partial charge on any atom is -0.327 e. The minimum atomic E-state index is -0.194. The highest BCUT2D eigenvalue weighted by molar-refractivity contribution is 9.10. The smallest absolute Gasteiger partial charge is 0.124 e. The lowest BCUT2D eigenvalue weighted by Gasteiger charge is -2.31. The predicted molar refractivity (Wildman–Crippen MR) is 63.1 cm³/mol. The number of halogens is 2. The van der Waals surface area contributed by atoms with Crippen molar-refractivity contribution in [3.63, 3.8) is 0 Å². The number of hydrogen-bond acceptors (Lipinski definition) is 1. The van der Waals surface area contributed by atoms with Gasteiger partial charge in [0.1, 0.15) is 5.82 Å². The summed E-state index contributed by atoms with van der Waals surface area (Å²) in [4.78, 5) is 0. The standard InChI is InChI=1S/C12H15BrFN/c13-10-4-8(5-11(14)7-10)6-12(15)9-2-1-3-9/h4-5,7,9,12H,1-3,6,15H2. The van der Waals surface area contributed by atoms with Crippen molar-refractivity contribution in [2.45, 2.75) is 31.7 Å². The van der Waals surface area contributed by atoms with Crippen LogP contribution >= 0.6 is 15.9 Å². The van der Waals surface area contributed by atoms with Gasteiger partial charge in [-0.25, -0.2) is 4.39 Å². The van der Waals surface area contributed by atoms with E-state index in [4.69, 9.17) is 5.73 Å². The Labute approximate surface area is 98.0 Å². The first-order valence-electron chi connectivity index (χ1n) is 5.35. The molecular formula is C12H15BrFN. The van der Waals surface area contributed by atoms with Crippen molar-refractivity contribution in [2.75, 3.05) is 0 Å². The van der Waals surface area contributed by atoms with E-state index in [0.29, 0.717) is 5.92 Å². The number of benzene rings is 1. The predicted octanol–water partition coefficient (Wildman–Crippen LogP) is 3.26. The quantitative estimate of drug-likeness (QED) is 0.898. The number of hydrogen-bond donors (Lipinski definition) is 1. The molecule has 0 aromatic heterocycles. The zero-order chi connectivity index (χ0) is 10.8. The summed E-state index contributed by atoms with van der Waals surface area (Å²) in [5, 5.41) is 0. The fourth-order valence-corrected chi connectivity index (χ4v) is 2.55. The Morgan fingerprint density at radius 3 is 2.67 bits per heavy atom. The van der Waals surface area contributed by atoms with Gasteiger partial charge in [-0.3, -0.25) is 0 Å². The molecule has 1 aromatic rings. The molecule has 1 nitrogen and oxygen atoms in total. The maximum Gasteiger partial charge on any atom is 0.124 e. The van der Waals surface area contributed by atoms with Crippen molar-refractivity contribution in [1.29, 1.82) is 0 Å². The average Bonchev–Trinajstić information content (AvgIpc) is 1.96. The SMILES string of the molecule is NC(Cc1cc(F)cc(Br)c1)C1CCC1. The molecule has 1 aromatic carbocycles. The first-order valence-corrected chi connectivity index (χ1v) is 6.15. The van der Waals surface area contributed by atoms with Crippen molar-refractivity contribution in [3.8, 4) is 0 Å². The molecule has 1 unspecified atom stereocenters. The zero-order valence-corrected chi connectivity index (χ0v) is 10.1. The van der Waals surface area contributed by atoms with E-state index in [2.05, 4.69) is 15.9 Å². The topological polar surface area (TPSA) is 26.0 Å². The summed E-state index contributed by atoms with van der Waals surface area (Å²) >= 11 is 3.29. The van der Waals surface area contributed by atoms with Gasteiger partial charge in [0.05, 0.1) is 0 Å². The molecular weight excluding hydrogens is 257 g/mol. The molecule has 1 aliphatic rings. The van der Waals surface area contributed by atoms with Crippen LogP contribution in [0.1, 0.15) is 24.8 Å². The largest absolute Gasteiger partial charge is 0.327 e. The lowest BCUT2D eigenvalue weighted by atomic mass is 9.78. The molecule has 3 heteroatoms. The molecule has 0 heterocycles. The van der Waals surface area contributed by atoms with E-state index in [0.717, 1.165) is 16.5 Å². The monoisotopic (exact) mass is 271 g/mol. The first-order chi connectivity index (χ1) is 7.15. The second kappa shape index (κ2) is 4.62. The summed E-state index contributed by atoms with van der Waals surface area (Å²) in [6, 6.07) is 5.18. The van der Waals surface area contributed by atoms with Gasteiger partial charge in [0.15, 0.2) is 0 Å². The Bertz CT molecular complexity index is 329. The van der Waals surface area contributed by atoms with Gasteiger partial charge in [-0.2, -0.15) is 0 Å². The molecule has 0 saturated heterocycles. The van der Waals surface area contributed by atoms with E-state index in [1.54, 1.807) is 6.07 Å². The second-order valence-electron chi connectivity index (χ2n) is 4.34. The molecule has 0 amide bonds. The van der Waals surface area contributed by atoms with E-state index >= 15 is 0 Å². The van der Waals surface area contributed by atoms with E-state index < -0.39 is 0 Å². The molecule has 2 rings (SSSR count). The van der Waals surface area contributed by atoms with Gasteiger partial charge in [0, 0.05) is 10.5 Å². The Hall–Kier alpha value is -0.410. The highest BCUT2D eigenvalue weighted by Gasteiger charge is 2.24. The van der Waals surface area contributed by atoms with Crippen LogP contribution in [0.5, 0.6) is 0 Å². The molecule has 15 heavy (non-hydrogen) atoms. The fraction of sp³-hybridized carbons (Fsp3) is 0.500. The highest BCUT2D eigenvalue weighted by Crippen LogP contribution is 2.30. The molecule has 0 bridgehead atoms. The third-order valence-corrected chi connectivity index (χ3v) is 3.61. The van der Waals surface area contributed by atoms with E-state index in [-0.39, 0.29) is 11.9 Å². The van der Waals surface area contributed by atoms with Gasteiger partial charge in [-0.1, -0.05) is 22.4 Å². The average molecular weight is 272 g/mol. The Balaban J connectivity index is 2.02. The Morgan fingerprint density at radius 2 is 2.13 bits per heavy atom. The third-order valence-electron chi connectivity index (χ3n) is 3.15. The van der Waals surface area contributed by atoms with Gasteiger partial charge in [0.2, 0.25) is 0 Å². The van der Waals surface area contributed by atoms with E-state index in [1.165, 1.54) is 25.3 Å². The summed E-state index contributed by atoms with van der Waals surface area (Å²) in [5.74, 6) is 0.451. The molecule has 1 atom stereocenters. The van der Waals surface area contributed by atoms with Crippen LogP contribution in [-0.2, 0) is 6.42 Å². The number of rotatable bonds is 3. The second-order valence-corrected chi connectivity index (χ2v) is 5.25. The summed E-state index contributed by atoms with van der Waals surface area (Å²) < 4.78 is 13.9. The molecule has 1 aliphatic carbocycles. The van der Waals surface area contributed by atoms with E-state index in [1.807, 2.05) is 6.07 Å². The fourth-order valence-electron chi connectivity index (χ4n) is 2.04. The number of nitrogens with two attached hydrogens (primary N) is 1. The van der Waals surface area contributed by atoms with Crippen molar-refractivity contribution in [3.05, 3.63) is 34.1 Å². The lowest BCUT2D eigenvalue weighted by Crippen LogP contribution is -2.36. The van der Waals surface area contributed by atoms with Gasteiger partial charge >= 0.3 is 0 Å². The van der Waals surface area contributed by atoms with Crippen LogP contribution in [-0.4, -0.2) is 6.04 Å². The summed E-state index contributed by atoms with van der Waals surface area (Å²) in [6.07, 6.45) is 4.54. The highest BCUT2D eigenvalue weighted by atomic mass is 79.9. The van der Waals surface area contributed by atoms with Gasteiger partial charge in [-0.05, 0) is 48.9 Å². The first kappa shape index (κ1) is 11.1. The lowest BCUT2D eigenvalue weighted by molar-refractivity contribution is 0.260. The van der Waals surface area contributed by atoms with Gasteiger partial charge in [-0.15, -0.1) is 0 Å². The third kappa shape index (κ3) is 2.79. The molecule has 1 fully saturated rings. The molecule has 0 aliphatic heterocycles. The zero-order valence-electron chi connectivity index (χ0n) is 8.55. The summed E-state index contributed by atoms with van der Waals surface area (Å²) in [7, 11) is 0. The molecule has 82 valence electrons. The van der Waals surface area contributed by atoms with Crippen LogP contribution in [0.4, 0.5) is 4.39 Å². The molecule has 2 N–H and O–H groups in total. The van der Waals surface area contributed by atoms with Crippen molar-refractivity contribution >= 4 is 15.9 Å². The Kier molecular flexibility index (Phi) is 3.42. The van der Waals surface area contributed by atoms with Crippen LogP contribution in [0.15, 0.2) is 22.7 Å². The van der Waals surface area contributed by atoms with Crippen LogP contribution in [0.3, 0.4) is 0 Å². The molecule has 0 radical (unpaired) electrons. The molecule has 1 saturated carbocycles. The van der Waals surface area contributed by atoms with E-state index in [9.17, 15) is 4.39 Å². The van der Waals surface area contributed by atoms with Crippen LogP contribution in [0, 0.1) is 11.7 Å². The van der Waals surface area contributed by atoms with Gasteiger partial charge < -0.3 is 5.73 Å². The van der Waals surface area contributed by atoms with Crippen molar-refractivity contribution in [2.24, 2.45) is 11.7 Å².